The Morgan fingerprint density at radius 2 is 2.00 bits per heavy atom. The van der Waals surface area contributed by atoms with Crippen LogP contribution in [0, 0.1) is 0 Å². The standard InChI is InChI=1S/C16H26N4O3S/c1-19-12-14(24(22,23)20-8-3-2-4-9-20)10-15(19)16(21)18-13-6-5-7-17-11-13/h10,12-13,17H,2-9,11H2,1H3,(H,18,21). The highest BCUT2D eigenvalue weighted by Gasteiger charge is 2.29. The van der Waals surface area contributed by atoms with Gasteiger partial charge in [0.1, 0.15) is 10.6 Å². The van der Waals surface area contributed by atoms with Crippen LogP contribution in [-0.4, -0.2) is 55.4 Å². The van der Waals surface area contributed by atoms with Gasteiger partial charge in [-0.2, -0.15) is 4.31 Å². The van der Waals surface area contributed by atoms with Crippen molar-refractivity contribution in [2.75, 3.05) is 26.2 Å². The molecule has 24 heavy (non-hydrogen) atoms. The Kier molecular flexibility index (Phi) is 5.27. The number of sulfonamides is 1. The van der Waals surface area contributed by atoms with E-state index in [2.05, 4.69) is 10.6 Å². The predicted octanol–water partition coefficient (Wildman–Crippen LogP) is 0.682. The highest BCUT2D eigenvalue weighted by Crippen LogP contribution is 2.22. The molecule has 2 aliphatic heterocycles. The first-order valence-electron chi connectivity index (χ1n) is 8.66. The van der Waals surface area contributed by atoms with Crippen molar-refractivity contribution in [2.24, 2.45) is 7.05 Å². The van der Waals surface area contributed by atoms with Crippen LogP contribution in [-0.2, 0) is 17.1 Å². The number of hydrogen-bond donors (Lipinski definition) is 2. The van der Waals surface area contributed by atoms with Gasteiger partial charge in [0.15, 0.2) is 0 Å². The molecule has 3 rings (SSSR count). The molecule has 134 valence electrons. The van der Waals surface area contributed by atoms with Crippen LogP contribution in [0.3, 0.4) is 0 Å². The number of carbonyl (C=O) groups excluding carboxylic acids is 1. The number of aromatic nitrogens is 1. The van der Waals surface area contributed by atoms with Crippen molar-refractivity contribution in [3.8, 4) is 0 Å². The third kappa shape index (κ3) is 3.65. The molecule has 2 N–H and O–H groups in total. The topological polar surface area (TPSA) is 83.4 Å². The monoisotopic (exact) mass is 354 g/mol. The molecule has 0 bridgehead atoms. The van der Waals surface area contributed by atoms with Gasteiger partial charge in [-0.3, -0.25) is 4.79 Å². The number of nitrogens with one attached hydrogen (secondary N) is 2. The molecule has 0 saturated carbocycles. The second-order valence-electron chi connectivity index (χ2n) is 6.65. The largest absolute Gasteiger partial charge is 0.347 e. The van der Waals surface area contributed by atoms with E-state index in [9.17, 15) is 13.2 Å². The third-order valence-electron chi connectivity index (χ3n) is 4.80. The Morgan fingerprint density at radius 1 is 1.25 bits per heavy atom. The van der Waals surface area contributed by atoms with E-state index in [1.807, 2.05) is 0 Å². The number of amides is 1. The maximum atomic E-state index is 12.7. The Labute approximate surface area is 143 Å². The fraction of sp³-hybridized carbons (Fsp3) is 0.688. The molecule has 1 aromatic rings. The second kappa shape index (κ2) is 7.25. The number of piperidine rings is 2. The number of nitrogens with zero attached hydrogens (tertiary/aromatic N) is 2. The Bertz CT molecular complexity index is 686. The highest BCUT2D eigenvalue weighted by atomic mass is 32.2. The zero-order valence-corrected chi connectivity index (χ0v) is 14.9. The Balaban J connectivity index is 1.75. The van der Waals surface area contributed by atoms with E-state index in [4.69, 9.17) is 0 Å². The molecule has 1 aromatic heterocycles. The van der Waals surface area contributed by atoms with Gasteiger partial charge in [0.2, 0.25) is 10.0 Å². The summed E-state index contributed by atoms with van der Waals surface area (Å²) in [6.07, 6.45) is 6.39. The van der Waals surface area contributed by atoms with Crippen molar-refractivity contribution in [3.05, 3.63) is 18.0 Å². The lowest BCUT2D eigenvalue weighted by molar-refractivity contribution is 0.0922. The SMILES string of the molecule is Cn1cc(S(=O)(=O)N2CCCCC2)cc1C(=O)NC1CCCNC1. The molecule has 0 aliphatic carbocycles. The summed E-state index contributed by atoms with van der Waals surface area (Å²) in [6.45, 7) is 2.86. The van der Waals surface area contributed by atoms with Gasteiger partial charge in [-0.1, -0.05) is 6.42 Å². The lowest BCUT2D eigenvalue weighted by Gasteiger charge is -2.25. The summed E-state index contributed by atoms with van der Waals surface area (Å²) in [7, 11) is -1.80. The van der Waals surface area contributed by atoms with Crippen LogP contribution >= 0.6 is 0 Å². The van der Waals surface area contributed by atoms with E-state index in [-0.39, 0.29) is 16.8 Å². The molecule has 7 nitrogen and oxygen atoms in total. The maximum absolute atomic E-state index is 12.7. The summed E-state index contributed by atoms with van der Waals surface area (Å²) in [4.78, 5) is 12.7. The molecule has 0 aromatic carbocycles. The number of hydrogen-bond acceptors (Lipinski definition) is 4. The number of aryl methyl sites for hydroxylation is 1. The molecule has 8 heteroatoms. The molecule has 0 spiro atoms. The van der Waals surface area contributed by atoms with Gasteiger partial charge in [-0.25, -0.2) is 8.42 Å². The van der Waals surface area contributed by atoms with Crippen molar-refractivity contribution in [3.63, 3.8) is 0 Å². The van der Waals surface area contributed by atoms with Crippen LogP contribution in [0.2, 0.25) is 0 Å². The fourth-order valence-corrected chi connectivity index (χ4v) is 4.98. The minimum atomic E-state index is -3.51. The first kappa shape index (κ1) is 17.4. The lowest BCUT2D eigenvalue weighted by Crippen LogP contribution is -2.45. The molecule has 2 fully saturated rings. The predicted molar refractivity (Wildman–Crippen MR) is 91.4 cm³/mol. The Morgan fingerprint density at radius 3 is 2.67 bits per heavy atom. The van der Waals surface area contributed by atoms with Crippen LogP contribution in [0.25, 0.3) is 0 Å². The van der Waals surface area contributed by atoms with Crippen molar-refractivity contribution < 1.29 is 13.2 Å². The first-order chi connectivity index (χ1) is 11.5. The fourth-order valence-electron chi connectivity index (χ4n) is 3.39. The van der Waals surface area contributed by atoms with Crippen LogP contribution in [0.4, 0.5) is 0 Å². The van der Waals surface area contributed by atoms with Gasteiger partial charge < -0.3 is 15.2 Å². The van der Waals surface area contributed by atoms with Gasteiger partial charge in [0.05, 0.1) is 0 Å². The molecule has 3 heterocycles. The van der Waals surface area contributed by atoms with E-state index in [0.717, 1.165) is 45.2 Å². The quantitative estimate of drug-likeness (QED) is 0.833. The molecule has 2 aliphatic rings. The second-order valence-corrected chi connectivity index (χ2v) is 8.59. The third-order valence-corrected chi connectivity index (χ3v) is 6.66. The van der Waals surface area contributed by atoms with Crippen molar-refractivity contribution in [1.82, 2.24) is 19.5 Å². The van der Waals surface area contributed by atoms with Crippen molar-refractivity contribution >= 4 is 15.9 Å². The zero-order chi connectivity index (χ0) is 17.2. The van der Waals surface area contributed by atoms with Gasteiger partial charge in [-0.05, 0) is 38.3 Å². The summed E-state index contributed by atoms with van der Waals surface area (Å²) in [5, 5.41) is 6.24. The lowest BCUT2D eigenvalue weighted by atomic mass is 10.1. The molecular weight excluding hydrogens is 328 g/mol. The van der Waals surface area contributed by atoms with Crippen LogP contribution < -0.4 is 10.6 Å². The molecule has 0 radical (unpaired) electrons. The zero-order valence-electron chi connectivity index (χ0n) is 14.1. The molecule has 1 unspecified atom stereocenters. The van der Waals surface area contributed by atoms with Crippen molar-refractivity contribution in [2.45, 2.75) is 43.0 Å². The summed E-state index contributed by atoms with van der Waals surface area (Å²) in [5.74, 6) is -0.216. The van der Waals surface area contributed by atoms with Crippen LogP contribution in [0.1, 0.15) is 42.6 Å². The summed E-state index contributed by atoms with van der Waals surface area (Å²) < 4.78 is 28.6. The average Bonchev–Trinajstić information content (AvgIpc) is 2.99. The molecular formula is C16H26N4O3S. The molecule has 1 amide bonds. The van der Waals surface area contributed by atoms with Gasteiger partial charge in [0, 0.05) is 38.9 Å². The minimum Gasteiger partial charge on any atom is -0.347 e. The first-order valence-corrected chi connectivity index (χ1v) is 10.1. The smallest absolute Gasteiger partial charge is 0.268 e. The van der Waals surface area contributed by atoms with Gasteiger partial charge in [-0.15, -0.1) is 0 Å². The normalized spacial score (nSPS) is 23.1. The average molecular weight is 354 g/mol. The van der Waals surface area contributed by atoms with Gasteiger partial charge in [0.25, 0.3) is 5.91 Å². The van der Waals surface area contributed by atoms with Crippen LogP contribution in [0.15, 0.2) is 17.2 Å². The van der Waals surface area contributed by atoms with E-state index >= 15 is 0 Å². The van der Waals surface area contributed by atoms with E-state index in [0.29, 0.717) is 18.8 Å². The van der Waals surface area contributed by atoms with E-state index in [1.165, 1.54) is 16.6 Å². The molecule has 1 atom stereocenters. The highest BCUT2D eigenvalue weighted by molar-refractivity contribution is 7.89. The van der Waals surface area contributed by atoms with Crippen LogP contribution in [0.5, 0.6) is 0 Å². The summed E-state index contributed by atoms with van der Waals surface area (Å²) >= 11 is 0. The maximum Gasteiger partial charge on any atom is 0.268 e. The Hall–Kier alpha value is -1.38. The van der Waals surface area contributed by atoms with E-state index in [1.54, 1.807) is 11.6 Å². The van der Waals surface area contributed by atoms with Crippen molar-refractivity contribution in [1.29, 1.82) is 0 Å². The minimum absolute atomic E-state index is 0.100. The van der Waals surface area contributed by atoms with Gasteiger partial charge >= 0.3 is 0 Å². The van der Waals surface area contributed by atoms with E-state index < -0.39 is 10.0 Å². The number of rotatable bonds is 4. The number of carbonyl (C=O) groups is 1. The summed E-state index contributed by atoms with van der Waals surface area (Å²) in [6, 6.07) is 1.60. The molecule has 2 saturated heterocycles. The summed E-state index contributed by atoms with van der Waals surface area (Å²) in [5.41, 5.74) is 0.385.